The fraction of sp³-hybridized carbons (Fsp3) is 0.688. The number of esters is 1. The van der Waals surface area contributed by atoms with E-state index in [4.69, 9.17) is 14.2 Å². The van der Waals surface area contributed by atoms with Gasteiger partial charge in [0, 0.05) is 6.08 Å². The summed E-state index contributed by atoms with van der Waals surface area (Å²) in [6.45, 7) is 11.9. The molecule has 0 saturated heterocycles. The van der Waals surface area contributed by atoms with Crippen LogP contribution in [0.4, 0.5) is 9.59 Å². The zero-order valence-electron chi connectivity index (χ0n) is 15.0. The zero-order valence-corrected chi connectivity index (χ0v) is 15.0. The predicted molar refractivity (Wildman–Crippen MR) is 84.9 cm³/mol. The van der Waals surface area contributed by atoms with Gasteiger partial charge in [-0.25, -0.2) is 19.3 Å². The molecule has 23 heavy (non-hydrogen) atoms. The van der Waals surface area contributed by atoms with E-state index >= 15 is 0 Å². The Balaban J connectivity index is 5.04. The minimum absolute atomic E-state index is 0.164. The summed E-state index contributed by atoms with van der Waals surface area (Å²) >= 11 is 0. The molecule has 0 bridgehead atoms. The van der Waals surface area contributed by atoms with Crippen LogP contribution in [-0.2, 0) is 19.0 Å². The normalized spacial score (nSPS) is 12.0. The molecule has 132 valence electrons. The summed E-state index contributed by atoms with van der Waals surface area (Å²) in [5.41, 5.74) is -1.52. The quantitative estimate of drug-likeness (QED) is 0.447. The van der Waals surface area contributed by atoms with Crippen molar-refractivity contribution in [1.29, 1.82) is 0 Å². The van der Waals surface area contributed by atoms with Crippen LogP contribution in [0.2, 0.25) is 0 Å². The molecule has 7 nitrogen and oxygen atoms in total. The summed E-state index contributed by atoms with van der Waals surface area (Å²) in [5.74, 6) is -0.555. The van der Waals surface area contributed by atoms with E-state index in [1.54, 1.807) is 48.5 Å². The summed E-state index contributed by atoms with van der Waals surface area (Å²) in [7, 11) is 0. The zero-order chi connectivity index (χ0) is 18.3. The third-order valence-corrected chi connectivity index (χ3v) is 2.06. The minimum atomic E-state index is -0.847. The van der Waals surface area contributed by atoms with Gasteiger partial charge in [-0.2, -0.15) is 0 Å². The van der Waals surface area contributed by atoms with Crippen molar-refractivity contribution in [2.45, 2.75) is 59.7 Å². The number of hydrogen-bond donors (Lipinski definition) is 0. The molecule has 0 aliphatic carbocycles. The summed E-state index contributed by atoms with van der Waals surface area (Å²) in [5, 5.41) is 0. The van der Waals surface area contributed by atoms with Gasteiger partial charge in [0.2, 0.25) is 0 Å². The first-order chi connectivity index (χ1) is 10.4. The lowest BCUT2D eigenvalue weighted by molar-refractivity contribution is -0.137. The van der Waals surface area contributed by atoms with E-state index in [-0.39, 0.29) is 13.2 Å². The minimum Gasteiger partial charge on any atom is -0.463 e. The molecule has 0 heterocycles. The van der Waals surface area contributed by atoms with Crippen LogP contribution in [0.25, 0.3) is 0 Å². The second-order valence-corrected chi connectivity index (χ2v) is 6.73. The Kier molecular flexibility index (Phi) is 7.79. The van der Waals surface area contributed by atoms with Crippen LogP contribution < -0.4 is 0 Å². The van der Waals surface area contributed by atoms with E-state index in [1.165, 1.54) is 6.08 Å². The summed E-state index contributed by atoms with van der Waals surface area (Å²) in [4.78, 5) is 36.3. The standard InChI is InChI=1S/C16H27NO6/c1-8-21-12(18)10-9-11-17(13(19)22-15(2,3)4)14(20)23-16(5,6)7/h9-10H,8,11H2,1-7H3/b10-9+. The van der Waals surface area contributed by atoms with E-state index < -0.39 is 29.4 Å². The van der Waals surface area contributed by atoms with Crippen molar-refractivity contribution in [3.63, 3.8) is 0 Å². The Labute approximate surface area is 137 Å². The molecular weight excluding hydrogens is 302 g/mol. The summed E-state index contributed by atoms with van der Waals surface area (Å²) in [6.07, 6.45) is 0.789. The van der Waals surface area contributed by atoms with Gasteiger partial charge in [-0.1, -0.05) is 6.08 Å². The molecule has 0 unspecified atom stereocenters. The van der Waals surface area contributed by atoms with Gasteiger partial charge in [0.25, 0.3) is 0 Å². The van der Waals surface area contributed by atoms with Crippen molar-refractivity contribution >= 4 is 18.2 Å². The highest BCUT2D eigenvalue weighted by atomic mass is 16.6. The third-order valence-electron chi connectivity index (χ3n) is 2.06. The molecule has 0 aromatic carbocycles. The lowest BCUT2D eigenvalue weighted by Gasteiger charge is -2.28. The second-order valence-electron chi connectivity index (χ2n) is 6.73. The molecule has 0 fully saturated rings. The molecule has 2 amide bonds. The SMILES string of the molecule is CCOC(=O)/C=C/CN(C(=O)OC(C)(C)C)C(=O)OC(C)(C)C. The molecule has 0 aromatic heterocycles. The summed E-state index contributed by atoms with van der Waals surface area (Å²) < 4.78 is 15.1. The van der Waals surface area contributed by atoms with E-state index in [9.17, 15) is 14.4 Å². The van der Waals surface area contributed by atoms with Crippen molar-refractivity contribution in [3.8, 4) is 0 Å². The van der Waals surface area contributed by atoms with Gasteiger partial charge in [-0.15, -0.1) is 0 Å². The highest BCUT2D eigenvalue weighted by Crippen LogP contribution is 2.14. The fourth-order valence-electron chi connectivity index (χ4n) is 1.30. The van der Waals surface area contributed by atoms with Crippen LogP contribution in [0.5, 0.6) is 0 Å². The number of carbonyl (C=O) groups excluding carboxylic acids is 3. The fourth-order valence-corrected chi connectivity index (χ4v) is 1.30. The van der Waals surface area contributed by atoms with E-state index in [0.29, 0.717) is 0 Å². The van der Waals surface area contributed by atoms with E-state index in [0.717, 1.165) is 11.0 Å². The molecule has 0 saturated carbocycles. The first-order valence-corrected chi connectivity index (χ1v) is 7.42. The monoisotopic (exact) mass is 329 g/mol. The van der Waals surface area contributed by atoms with Crippen LogP contribution in [0.1, 0.15) is 48.5 Å². The van der Waals surface area contributed by atoms with Crippen LogP contribution in [0, 0.1) is 0 Å². The molecule has 0 spiro atoms. The Bertz CT molecular complexity index is 428. The van der Waals surface area contributed by atoms with Gasteiger partial charge in [0.15, 0.2) is 0 Å². The maximum absolute atomic E-state index is 12.1. The largest absolute Gasteiger partial charge is 0.463 e. The van der Waals surface area contributed by atoms with Crippen LogP contribution in [0.3, 0.4) is 0 Å². The van der Waals surface area contributed by atoms with Crippen LogP contribution in [0.15, 0.2) is 12.2 Å². The Morgan fingerprint density at radius 3 is 1.70 bits per heavy atom. The Morgan fingerprint density at radius 1 is 0.913 bits per heavy atom. The third kappa shape index (κ3) is 10.3. The molecule has 0 aromatic rings. The molecule has 7 heteroatoms. The number of rotatable bonds is 4. The molecule has 0 rings (SSSR count). The van der Waals surface area contributed by atoms with Gasteiger partial charge in [-0.05, 0) is 48.5 Å². The number of nitrogens with zero attached hydrogens (tertiary/aromatic N) is 1. The number of imide groups is 1. The number of carbonyl (C=O) groups is 3. The molecule has 0 atom stereocenters. The Hall–Kier alpha value is -2.05. The lowest BCUT2D eigenvalue weighted by Crippen LogP contribution is -2.43. The van der Waals surface area contributed by atoms with Gasteiger partial charge in [0.05, 0.1) is 13.2 Å². The molecule has 0 aliphatic rings. The van der Waals surface area contributed by atoms with Crippen LogP contribution in [-0.4, -0.2) is 47.4 Å². The van der Waals surface area contributed by atoms with E-state index in [1.807, 2.05) is 0 Å². The maximum atomic E-state index is 12.1. The van der Waals surface area contributed by atoms with Gasteiger partial charge in [-0.3, -0.25) is 0 Å². The van der Waals surface area contributed by atoms with Gasteiger partial charge < -0.3 is 14.2 Å². The predicted octanol–water partition coefficient (Wildman–Crippen LogP) is 3.28. The van der Waals surface area contributed by atoms with Crippen molar-refractivity contribution in [3.05, 3.63) is 12.2 Å². The summed E-state index contributed by atoms with van der Waals surface area (Å²) in [6, 6.07) is 0. The van der Waals surface area contributed by atoms with Gasteiger partial charge >= 0.3 is 18.2 Å². The van der Waals surface area contributed by atoms with Gasteiger partial charge in [0.1, 0.15) is 11.2 Å². The number of hydrogen-bond acceptors (Lipinski definition) is 6. The number of amides is 2. The van der Waals surface area contributed by atoms with Crippen molar-refractivity contribution in [1.82, 2.24) is 4.90 Å². The highest BCUT2D eigenvalue weighted by molar-refractivity contribution is 5.88. The first-order valence-electron chi connectivity index (χ1n) is 7.42. The molecular formula is C16H27NO6. The highest BCUT2D eigenvalue weighted by Gasteiger charge is 2.30. The molecule has 0 aliphatic heterocycles. The topological polar surface area (TPSA) is 82.1 Å². The van der Waals surface area contributed by atoms with Crippen molar-refractivity contribution < 1.29 is 28.6 Å². The van der Waals surface area contributed by atoms with Crippen molar-refractivity contribution in [2.24, 2.45) is 0 Å². The maximum Gasteiger partial charge on any atom is 0.420 e. The molecule has 0 N–H and O–H groups in total. The van der Waals surface area contributed by atoms with E-state index in [2.05, 4.69) is 0 Å². The smallest absolute Gasteiger partial charge is 0.420 e. The Morgan fingerprint density at radius 2 is 1.35 bits per heavy atom. The molecule has 0 radical (unpaired) electrons. The first kappa shape index (κ1) is 20.9. The number of ether oxygens (including phenoxy) is 3. The average molecular weight is 329 g/mol. The van der Waals surface area contributed by atoms with Crippen LogP contribution >= 0.6 is 0 Å². The average Bonchev–Trinajstić information content (AvgIpc) is 2.30. The van der Waals surface area contributed by atoms with Crippen molar-refractivity contribution in [2.75, 3.05) is 13.2 Å². The lowest BCUT2D eigenvalue weighted by atomic mass is 10.2. The second kappa shape index (κ2) is 8.55.